The Bertz CT molecular complexity index is 635. The minimum atomic E-state index is -3.94. The summed E-state index contributed by atoms with van der Waals surface area (Å²) in [5.41, 5.74) is 0.0832. The van der Waals surface area contributed by atoms with Crippen molar-refractivity contribution < 1.29 is 13.2 Å². The molecule has 0 heterocycles. The van der Waals surface area contributed by atoms with E-state index in [1.165, 1.54) is 12.1 Å². The van der Waals surface area contributed by atoms with Gasteiger partial charge in [0.05, 0.1) is 15.5 Å². The van der Waals surface area contributed by atoms with E-state index in [0.29, 0.717) is 4.47 Å². The van der Waals surface area contributed by atoms with Crippen LogP contribution in [0.15, 0.2) is 21.5 Å². The van der Waals surface area contributed by atoms with Crippen LogP contribution in [0.1, 0.15) is 43.5 Å². The molecule has 1 aromatic rings. The number of halogens is 3. The van der Waals surface area contributed by atoms with Crippen LogP contribution in [-0.4, -0.2) is 20.4 Å². The van der Waals surface area contributed by atoms with Crippen molar-refractivity contribution in [2.24, 2.45) is 0 Å². The van der Waals surface area contributed by atoms with Crippen molar-refractivity contribution in [1.82, 2.24) is 5.32 Å². The third-order valence-electron chi connectivity index (χ3n) is 2.99. The summed E-state index contributed by atoms with van der Waals surface area (Å²) in [5.74, 6) is -0.414. The molecule has 8 heteroatoms. The number of hydrogen-bond donors (Lipinski definition) is 1. The van der Waals surface area contributed by atoms with E-state index in [0.717, 1.165) is 19.3 Å². The first kappa shape index (κ1) is 18.7. The summed E-state index contributed by atoms with van der Waals surface area (Å²) < 4.78 is 23.1. The number of amides is 1. The highest BCUT2D eigenvalue weighted by Crippen LogP contribution is 2.31. The standard InChI is InChI=1S/C13H16BrCl2NO3S/c1-3-5-8(4-2)17-13(18)10-6-9(21(16,19)20)7-11(14)12(10)15/h6-8H,3-5H2,1-2H3,(H,17,18). The summed E-state index contributed by atoms with van der Waals surface area (Å²) in [6, 6.07) is 2.47. The van der Waals surface area contributed by atoms with E-state index in [2.05, 4.69) is 21.2 Å². The fraction of sp³-hybridized carbons (Fsp3) is 0.462. The summed E-state index contributed by atoms with van der Waals surface area (Å²) in [7, 11) is 1.38. The van der Waals surface area contributed by atoms with Crippen LogP contribution in [0, 0.1) is 0 Å². The molecule has 4 nitrogen and oxygen atoms in total. The first-order valence-electron chi connectivity index (χ1n) is 6.45. The van der Waals surface area contributed by atoms with Crippen molar-refractivity contribution in [2.45, 2.75) is 44.0 Å². The van der Waals surface area contributed by atoms with E-state index in [-0.39, 0.29) is 21.5 Å². The summed E-state index contributed by atoms with van der Waals surface area (Å²) >= 11 is 9.20. The van der Waals surface area contributed by atoms with Gasteiger partial charge in [-0.05, 0) is 40.9 Å². The zero-order valence-electron chi connectivity index (χ0n) is 11.6. The Morgan fingerprint density at radius 2 is 2.00 bits per heavy atom. The maximum absolute atomic E-state index is 12.3. The van der Waals surface area contributed by atoms with Crippen LogP contribution in [0.2, 0.25) is 5.02 Å². The molecule has 118 valence electrons. The molecule has 0 aromatic heterocycles. The molecule has 1 unspecified atom stereocenters. The van der Waals surface area contributed by atoms with Crippen LogP contribution < -0.4 is 5.32 Å². The highest BCUT2D eigenvalue weighted by Gasteiger charge is 2.21. The van der Waals surface area contributed by atoms with Gasteiger partial charge in [0.2, 0.25) is 0 Å². The first-order chi connectivity index (χ1) is 9.70. The van der Waals surface area contributed by atoms with Crippen molar-refractivity contribution in [1.29, 1.82) is 0 Å². The second-order valence-corrected chi connectivity index (χ2v) is 8.37. The maximum Gasteiger partial charge on any atom is 0.261 e. The Labute approximate surface area is 142 Å². The molecule has 0 radical (unpaired) electrons. The molecule has 1 aromatic carbocycles. The van der Waals surface area contributed by atoms with E-state index >= 15 is 0 Å². The molecule has 0 aliphatic heterocycles. The molecule has 0 fully saturated rings. The summed E-state index contributed by atoms with van der Waals surface area (Å²) in [6.45, 7) is 4.00. The largest absolute Gasteiger partial charge is 0.349 e. The topological polar surface area (TPSA) is 63.2 Å². The lowest BCUT2D eigenvalue weighted by molar-refractivity contribution is 0.0933. The zero-order valence-corrected chi connectivity index (χ0v) is 15.5. The van der Waals surface area contributed by atoms with Crippen molar-refractivity contribution in [3.05, 3.63) is 27.2 Å². The van der Waals surface area contributed by atoms with Gasteiger partial charge in [0, 0.05) is 21.2 Å². The van der Waals surface area contributed by atoms with Gasteiger partial charge >= 0.3 is 0 Å². The number of carbonyl (C=O) groups is 1. The number of hydrogen-bond acceptors (Lipinski definition) is 3. The van der Waals surface area contributed by atoms with Gasteiger partial charge in [-0.1, -0.05) is 31.9 Å². The Balaban J connectivity index is 3.17. The van der Waals surface area contributed by atoms with Gasteiger partial charge < -0.3 is 5.32 Å². The van der Waals surface area contributed by atoms with Gasteiger partial charge in [0.1, 0.15) is 0 Å². The molecular weight excluding hydrogens is 401 g/mol. The third kappa shape index (κ3) is 5.13. The molecule has 1 rings (SSSR count). The van der Waals surface area contributed by atoms with E-state index < -0.39 is 15.0 Å². The lowest BCUT2D eigenvalue weighted by atomic mass is 10.1. The smallest absolute Gasteiger partial charge is 0.261 e. The molecule has 1 amide bonds. The van der Waals surface area contributed by atoms with E-state index in [1.54, 1.807) is 0 Å². The van der Waals surface area contributed by atoms with Crippen LogP contribution in [0.25, 0.3) is 0 Å². The quantitative estimate of drug-likeness (QED) is 0.701. The minimum Gasteiger partial charge on any atom is -0.349 e. The van der Waals surface area contributed by atoms with E-state index in [1.807, 2.05) is 13.8 Å². The van der Waals surface area contributed by atoms with Gasteiger partial charge in [-0.15, -0.1) is 0 Å². The van der Waals surface area contributed by atoms with Gasteiger partial charge in [-0.2, -0.15) is 0 Å². The molecule has 1 N–H and O–H groups in total. The Morgan fingerprint density at radius 1 is 1.38 bits per heavy atom. The minimum absolute atomic E-state index is 0.0219. The fourth-order valence-corrected chi connectivity index (χ4v) is 3.45. The van der Waals surface area contributed by atoms with Crippen LogP contribution in [0.4, 0.5) is 0 Å². The molecular formula is C13H16BrCl2NO3S. The monoisotopic (exact) mass is 415 g/mol. The predicted molar refractivity (Wildman–Crippen MR) is 88.6 cm³/mol. The zero-order chi connectivity index (χ0) is 16.2. The van der Waals surface area contributed by atoms with Crippen LogP contribution in [0.3, 0.4) is 0 Å². The summed E-state index contributed by atoms with van der Waals surface area (Å²) in [6.07, 6.45) is 2.56. The van der Waals surface area contributed by atoms with Gasteiger partial charge in [0.25, 0.3) is 15.0 Å². The van der Waals surface area contributed by atoms with E-state index in [9.17, 15) is 13.2 Å². The highest BCUT2D eigenvalue weighted by molar-refractivity contribution is 9.10. The third-order valence-corrected chi connectivity index (χ3v) is 5.59. The molecule has 0 aliphatic carbocycles. The van der Waals surface area contributed by atoms with Crippen molar-refractivity contribution in [2.75, 3.05) is 0 Å². The Morgan fingerprint density at radius 3 is 2.48 bits per heavy atom. The molecule has 0 aliphatic rings. The predicted octanol–water partition coefficient (Wildman–Crippen LogP) is 4.34. The Kier molecular flexibility index (Phi) is 6.97. The lowest BCUT2D eigenvalue weighted by Crippen LogP contribution is -2.34. The molecule has 0 saturated heterocycles. The van der Waals surface area contributed by atoms with Crippen molar-refractivity contribution in [3.63, 3.8) is 0 Å². The number of carbonyl (C=O) groups excluding carboxylic acids is 1. The van der Waals surface area contributed by atoms with Gasteiger partial charge in [-0.3, -0.25) is 4.79 Å². The fourth-order valence-electron chi connectivity index (χ4n) is 1.86. The Hall–Kier alpha value is -0.300. The van der Waals surface area contributed by atoms with Gasteiger partial charge in [-0.25, -0.2) is 8.42 Å². The van der Waals surface area contributed by atoms with E-state index in [4.69, 9.17) is 22.3 Å². The highest BCUT2D eigenvalue weighted by atomic mass is 79.9. The average molecular weight is 417 g/mol. The first-order valence-corrected chi connectivity index (χ1v) is 9.93. The molecule has 21 heavy (non-hydrogen) atoms. The molecule has 0 saturated carbocycles. The number of nitrogens with one attached hydrogen (secondary N) is 1. The SMILES string of the molecule is CCCC(CC)NC(=O)c1cc(S(=O)(=O)Cl)cc(Br)c1Cl. The van der Waals surface area contributed by atoms with Crippen molar-refractivity contribution in [3.8, 4) is 0 Å². The van der Waals surface area contributed by atoms with Crippen LogP contribution in [0.5, 0.6) is 0 Å². The van der Waals surface area contributed by atoms with Crippen molar-refractivity contribution >= 4 is 53.2 Å². The number of rotatable bonds is 6. The van der Waals surface area contributed by atoms with Crippen LogP contribution in [-0.2, 0) is 9.05 Å². The normalized spacial score (nSPS) is 13.0. The second kappa shape index (κ2) is 7.81. The maximum atomic E-state index is 12.3. The molecule has 0 bridgehead atoms. The second-order valence-electron chi connectivity index (χ2n) is 4.57. The average Bonchev–Trinajstić information content (AvgIpc) is 2.39. The van der Waals surface area contributed by atoms with Gasteiger partial charge in [0.15, 0.2) is 0 Å². The summed E-state index contributed by atoms with van der Waals surface area (Å²) in [5, 5.41) is 3.00. The van der Waals surface area contributed by atoms with Crippen LogP contribution >= 0.6 is 38.2 Å². The lowest BCUT2D eigenvalue weighted by Gasteiger charge is -2.17. The molecule has 0 spiro atoms. The number of benzene rings is 1. The molecule has 1 atom stereocenters. The summed E-state index contributed by atoms with van der Waals surface area (Å²) in [4.78, 5) is 12.1.